The largest absolute Gasteiger partial charge is 0.349 e. The average molecular weight is 424 g/mol. The Morgan fingerprint density at radius 2 is 2.07 bits per heavy atom. The first kappa shape index (κ1) is 17.8. The van der Waals surface area contributed by atoms with Gasteiger partial charge in [0.25, 0.3) is 5.91 Å². The zero-order chi connectivity index (χ0) is 20.4. The summed E-state index contributed by atoms with van der Waals surface area (Å²) in [6.07, 6.45) is 6.23. The number of aromatic nitrogens is 4. The van der Waals surface area contributed by atoms with E-state index in [-0.39, 0.29) is 18.4 Å². The normalized spacial score (nSPS) is 19.3. The predicted octanol–water partition coefficient (Wildman–Crippen LogP) is 1.81. The maximum atomic E-state index is 13.2. The number of carbonyl (C=O) groups excluding carboxylic acids is 2. The van der Waals surface area contributed by atoms with Crippen LogP contribution in [0, 0.1) is 5.92 Å². The number of imidazole rings is 1. The maximum absolute atomic E-state index is 13.2. The second-order valence-electron chi connectivity index (χ2n) is 8.26. The molecule has 3 aliphatic rings. The van der Waals surface area contributed by atoms with E-state index in [1.165, 1.54) is 6.33 Å². The molecule has 0 bridgehead atoms. The van der Waals surface area contributed by atoms with Gasteiger partial charge in [-0.15, -0.1) is 11.3 Å². The van der Waals surface area contributed by atoms with E-state index in [1.54, 1.807) is 29.6 Å². The van der Waals surface area contributed by atoms with Gasteiger partial charge in [-0.05, 0) is 30.7 Å². The van der Waals surface area contributed by atoms with E-state index in [4.69, 9.17) is 0 Å². The number of hydrogen-bond acceptors (Lipinski definition) is 7. The Balaban J connectivity index is 1.41. The molecule has 1 saturated carbocycles. The predicted molar refractivity (Wildman–Crippen MR) is 113 cm³/mol. The number of fused-ring (bicyclic) bond motifs is 4. The molecule has 2 amide bonds. The molecule has 9 nitrogen and oxygen atoms in total. The van der Waals surface area contributed by atoms with Gasteiger partial charge in [0.2, 0.25) is 5.91 Å². The van der Waals surface area contributed by atoms with Crippen molar-refractivity contribution in [3.8, 4) is 0 Å². The molecule has 0 saturated heterocycles. The summed E-state index contributed by atoms with van der Waals surface area (Å²) >= 11 is 1.59. The highest BCUT2D eigenvalue weighted by Crippen LogP contribution is 2.43. The molecule has 1 fully saturated rings. The SMILES string of the molecule is CN1CC(=O)N(CC2CC2)c2sc3c(c2C1=O)CCN(c1ncnc2nc[nH]c12)C3. The summed E-state index contributed by atoms with van der Waals surface area (Å²) in [5, 5.41) is 0.836. The van der Waals surface area contributed by atoms with E-state index in [2.05, 4.69) is 24.8 Å². The van der Waals surface area contributed by atoms with Gasteiger partial charge in [-0.25, -0.2) is 15.0 Å². The van der Waals surface area contributed by atoms with Crippen LogP contribution in [0.3, 0.4) is 0 Å². The Kier molecular flexibility index (Phi) is 3.86. The Bertz CT molecular complexity index is 1180. The Morgan fingerprint density at radius 1 is 1.20 bits per heavy atom. The number of rotatable bonds is 3. The quantitative estimate of drug-likeness (QED) is 0.690. The molecule has 1 aliphatic carbocycles. The minimum atomic E-state index is -0.0411. The van der Waals surface area contributed by atoms with Crippen molar-refractivity contribution in [2.75, 3.05) is 36.5 Å². The summed E-state index contributed by atoms with van der Waals surface area (Å²) in [7, 11) is 1.72. The van der Waals surface area contributed by atoms with Crippen LogP contribution in [0.1, 0.15) is 33.6 Å². The fourth-order valence-corrected chi connectivity index (χ4v) is 5.76. The summed E-state index contributed by atoms with van der Waals surface area (Å²) in [5.41, 5.74) is 3.29. The Morgan fingerprint density at radius 3 is 2.90 bits per heavy atom. The third kappa shape index (κ3) is 2.70. The molecule has 30 heavy (non-hydrogen) atoms. The highest BCUT2D eigenvalue weighted by atomic mass is 32.1. The van der Waals surface area contributed by atoms with Crippen LogP contribution in [0.25, 0.3) is 11.2 Å². The molecule has 0 atom stereocenters. The van der Waals surface area contributed by atoms with Gasteiger partial charge in [0, 0.05) is 25.0 Å². The first-order valence-corrected chi connectivity index (χ1v) is 11.0. The Labute approximate surface area is 176 Å². The number of likely N-dealkylation sites (N-methyl/N-ethyl adjacent to an activating group) is 1. The monoisotopic (exact) mass is 423 g/mol. The highest BCUT2D eigenvalue weighted by molar-refractivity contribution is 7.17. The second-order valence-corrected chi connectivity index (χ2v) is 9.35. The minimum Gasteiger partial charge on any atom is -0.349 e. The van der Waals surface area contributed by atoms with Crippen molar-refractivity contribution in [1.82, 2.24) is 24.8 Å². The number of amides is 2. The van der Waals surface area contributed by atoms with Crippen LogP contribution in [-0.4, -0.2) is 63.3 Å². The van der Waals surface area contributed by atoms with Crippen molar-refractivity contribution in [3.05, 3.63) is 28.7 Å². The van der Waals surface area contributed by atoms with E-state index in [0.717, 1.165) is 64.7 Å². The number of carbonyl (C=O) groups is 2. The van der Waals surface area contributed by atoms with Gasteiger partial charge in [-0.2, -0.15) is 0 Å². The van der Waals surface area contributed by atoms with Crippen LogP contribution in [0.5, 0.6) is 0 Å². The smallest absolute Gasteiger partial charge is 0.257 e. The topological polar surface area (TPSA) is 98.3 Å². The van der Waals surface area contributed by atoms with E-state index in [1.807, 2.05) is 4.90 Å². The van der Waals surface area contributed by atoms with Crippen molar-refractivity contribution in [2.24, 2.45) is 5.92 Å². The number of thiophene rings is 1. The molecule has 5 heterocycles. The first-order valence-electron chi connectivity index (χ1n) is 10.2. The second kappa shape index (κ2) is 6.49. The average Bonchev–Trinajstić information content (AvgIpc) is 3.32. The lowest BCUT2D eigenvalue weighted by atomic mass is 10.0. The van der Waals surface area contributed by atoms with E-state index < -0.39 is 0 Å². The van der Waals surface area contributed by atoms with Crippen LogP contribution < -0.4 is 9.80 Å². The summed E-state index contributed by atoms with van der Waals surface area (Å²) in [6, 6.07) is 0. The number of H-pyrrole nitrogens is 1. The van der Waals surface area contributed by atoms with Crippen LogP contribution in [0.15, 0.2) is 12.7 Å². The third-order valence-electron chi connectivity index (χ3n) is 6.16. The third-order valence-corrected chi connectivity index (χ3v) is 7.40. The van der Waals surface area contributed by atoms with Crippen LogP contribution >= 0.6 is 11.3 Å². The number of anilines is 2. The molecule has 1 N–H and O–H groups in total. The highest BCUT2D eigenvalue weighted by Gasteiger charge is 2.39. The molecule has 6 rings (SSSR count). The lowest BCUT2D eigenvalue weighted by Gasteiger charge is -2.28. The van der Waals surface area contributed by atoms with Crippen molar-refractivity contribution < 1.29 is 9.59 Å². The minimum absolute atomic E-state index is 0.0157. The summed E-state index contributed by atoms with van der Waals surface area (Å²) in [6.45, 7) is 2.26. The number of nitrogens with zero attached hydrogens (tertiary/aromatic N) is 6. The Hall–Kier alpha value is -3.01. The lowest BCUT2D eigenvalue weighted by molar-refractivity contribution is -0.119. The van der Waals surface area contributed by atoms with Gasteiger partial charge >= 0.3 is 0 Å². The van der Waals surface area contributed by atoms with Gasteiger partial charge in [-0.1, -0.05) is 0 Å². The van der Waals surface area contributed by atoms with Crippen molar-refractivity contribution in [3.63, 3.8) is 0 Å². The molecule has 10 heteroatoms. The molecule has 0 radical (unpaired) electrons. The van der Waals surface area contributed by atoms with Gasteiger partial charge in [0.15, 0.2) is 11.5 Å². The molecule has 3 aromatic rings. The summed E-state index contributed by atoms with van der Waals surface area (Å²) < 4.78 is 0. The molecule has 0 spiro atoms. The fourth-order valence-electron chi connectivity index (χ4n) is 4.38. The zero-order valence-electron chi connectivity index (χ0n) is 16.6. The summed E-state index contributed by atoms with van der Waals surface area (Å²) in [4.78, 5) is 48.9. The molecule has 154 valence electrons. The maximum Gasteiger partial charge on any atom is 0.257 e. The van der Waals surface area contributed by atoms with E-state index >= 15 is 0 Å². The molecule has 0 aromatic carbocycles. The van der Waals surface area contributed by atoms with Gasteiger partial charge in [0.05, 0.1) is 18.4 Å². The zero-order valence-corrected chi connectivity index (χ0v) is 17.4. The van der Waals surface area contributed by atoms with Crippen LogP contribution in [-0.2, 0) is 17.8 Å². The molecular formula is C20H21N7O2S. The number of hydrogen-bond donors (Lipinski definition) is 1. The number of nitrogens with one attached hydrogen (secondary N) is 1. The van der Waals surface area contributed by atoms with Crippen molar-refractivity contribution in [2.45, 2.75) is 25.8 Å². The summed E-state index contributed by atoms with van der Waals surface area (Å²) in [5.74, 6) is 1.36. The van der Waals surface area contributed by atoms with Crippen LogP contribution in [0.4, 0.5) is 10.8 Å². The van der Waals surface area contributed by atoms with Gasteiger partial charge < -0.3 is 19.7 Å². The molecule has 3 aromatic heterocycles. The lowest BCUT2D eigenvalue weighted by Crippen LogP contribution is -2.38. The van der Waals surface area contributed by atoms with Gasteiger partial charge in [0.1, 0.15) is 23.4 Å². The van der Waals surface area contributed by atoms with Crippen molar-refractivity contribution in [1.29, 1.82) is 0 Å². The molecule has 2 aliphatic heterocycles. The van der Waals surface area contributed by atoms with E-state index in [9.17, 15) is 9.59 Å². The molecular weight excluding hydrogens is 402 g/mol. The standard InChI is InChI=1S/C20H21N7O2S/c1-25-8-14(28)27(6-11-2-3-11)20-15(19(25)29)12-4-5-26(7-13(12)30-20)18-16-17(22-9-21-16)23-10-24-18/h9-11H,2-8H2,1H3,(H,21,22,23,24). The number of aromatic amines is 1. The fraction of sp³-hybridized carbons (Fsp3) is 0.450. The molecule has 0 unspecified atom stereocenters. The van der Waals surface area contributed by atoms with E-state index in [0.29, 0.717) is 18.1 Å². The first-order chi connectivity index (χ1) is 14.6. The van der Waals surface area contributed by atoms with Gasteiger partial charge in [-0.3, -0.25) is 9.59 Å². The van der Waals surface area contributed by atoms with Crippen molar-refractivity contribution >= 4 is 45.1 Å². The van der Waals surface area contributed by atoms with Crippen LogP contribution in [0.2, 0.25) is 0 Å².